The molecule has 1 fully saturated rings. The second-order valence-corrected chi connectivity index (χ2v) is 3.87. The van der Waals surface area contributed by atoms with E-state index in [1.807, 2.05) is 11.8 Å². The molecule has 3 nitrogen and oxygen atoms in total. The maximum atomic E-state index is 11.6. The van der Waals surface area contributed by atoms with Gasteiger partial charge in [-0.3, -0.25) is 4.79 Å². The smallest absolute Gasteiger partial charge is 0.246 e. The summed E-state index contributed by atoms with van der Waals surface area (Å²) < 4.78 is 0. The van der Waals surface area contributed by atoms with Crippen molar-refractivity contribution in [2.75, 3.05) is 19.6 Å². The van der Waals surface area contributed by atoms with Gasteiger partial charge in [-0.05, 0) is 44.7 Å². The highest BCUT2D eigenvalue weighted by Crippen LogP contribution is 2.19. The zero-order valence-electron chi connectivity index (χ0n) is 8.91. The van der Waals surface area contributed by atoms with E-state index in [1.165, 1.54) is 6.42 Å². The standard InChI is InChI=1S/C11H20N2O/c1-2-4-11(14)13-8-3-5-10(9-13)6-7-12/h2,4,10H,3,5-9,12H2,1H3. The second-order valence-electron chi connectivity index (χ2n) is 3.87. The molecule has 0 aromatic rings. The van der Waals surface area contributed by atoms with Crippen LogP contribution in [0.2, 0.25) is 0 Å². The lowest BCUT2D eigenvalue weighted by Crippen LogP contribution is -2.39. The Morgan fingerprint density at radius 3 is 3.07 bits per heavy atom. The predicted octanol–water partition coefficient (Wildman–Crippen LogP) is 1.15. The van der Waals surface area contributed by atoms with Gasteiger partial charge in [0, 0.05) is 13.1 Å². The molecule has 1 aliphatic heterocycles. The quantitative estimate of drug-likeness (QED) is 0.688. The van der Waals surface area contributed by atoms with Crippen molar-refractivity contribution in [3.63, 3.8) is 0 Å². The van der Waals surface area contributed by atoms with Crippen molar-refractivity contribution < 1.29 is 4.79 Å². The zero-order chi connectivity index (χ0) is 10.4. The first-order valence-corrected chi connectivity index (χ1v) is 5.39. The monoisotopic (exact) mass is 196 g/mol. The maximum Gasteiger partial charge on any atom is 0.246 e. The van der Waals surface area contributed by atoms with Gasteiger partial charge >= 0.3 is 0 Å². The van der Waals surface area contributed by atoms with Crippen LogP contribution in [0.5, 0.6) is 0 Å². The molecule has 2 N–H and O–H groups in total. The lowest BCUT2D eigenvalue weighted by Gasteiger charge is -2.31. The number of hydrogen-bond acceptors (Lipinski definition) is 2. The van der Waals surface area contributed by atoms with Crippen LogP contribution in [0.4, 0.5) is 0 Å². The molecule has 1 atom stereocenters. The van der Waals surface area contributed by atoms with E-state index in [4.69, 9.17) is 5.73 Å². The van der Waals surface area contributed by atoms with E-state index in [1.54, 1.807) is 12.2 Å². The van der Waals surface area contributed by atoms with Crippen molar-refractivity contribution in [3.05, 3.63) is 12.2 Å². The van der Waals surface area contributed by atoms with Gasteiger partial charge in [-0.1, -0.05) is 6.08 Å². The SMILES string of the molecule is CC=CC(=O)N1CCCC(CCN)C1. The maximum absolute atomic E-state index is 11.6. The molecule has 1 saturated heterocycles. The number of carbonyl (C=O) groups is 1. The number of rotatable bonds is 3. The number of hydrogen-bond donors (Lipinski definition) is 1. The minimum absolute atomic E-state index is 0.147. The minimum Gasteiger partial charge on any atom is -0.339 e. The fourth-order valence-electron chi connectivity index (χ4n) is 1.98. The molecule has 0 bridgehead atoms. The fraction of sp³-hybridized carbons (Fsp3) is 0.727. The van der Waals surface area contributed by atoms with Gasteiger partial charge in [-0.25, -0.2) is 0 Å². The highest BCUT2D eigenvalue weighted by Gasteiger charge is 2.21. The van der Waals surface area contributed by atoms with Gasteiger partial charge in [-0.15, -0.1) is 0 Å². The summed E-state index contributed by atoms with van der Waals surface area (Å²) in [5.74, 6) is 0.761. The molecule has 0 spiro atoms. The molecule has 0 aliphatic carbocycles. The van der Waals surface area contributed by atoms with Gasteiger partial charge in [0.2, 0.25) is 5.91 Å². The van der Waals surface area contributed by atoms with E-state index >= 15 is 0 Å². The first kappa shape index (κ1) is 11.2. The highest BCUT2D eigenvalue weighted by atomic mass is 16.2. The Labute approximate surface area is 86.0 Å². The van der Waals surface area contributed by atoms with Crippen LogP contribution in [0.1, 0.15) is 26.2 Å². The number of carbonyl (C=O) groups excluding carboxylic acids is 1. The molecule has 0 aromatic carbocycles. The normalized spacial score (nSPS) is 23.0. The van der Waals surface area contributed by atoms with Gasteiger partial charge in [0.05, 0.1) is 0 Å². The Hall–Kier alpha value is -0.830. The Morgan fingerprint density at radius 2 is 2.43 bits per heavy atom. The second kappa shape index (κ2) is 5.81. The number of amides is 1. The molecule has 1 unspecified atom stereocenters. The number of piperidine rings is 1. The third kappa shape index (κ3) is 3.14. The fourth-order valence-corrected chi connectivity index (χ4v) is 1.98. The topological polar surface area (TPSA) is 46.3 Å². The highest BCUT2D eigenvalue weighted by molar-refractivity contribution is 5.87. The molecule has 3 heteroatoms. The Kier molecular flexibility index (Phi) is 4.66. The van der Waals surface area contributed by atoms with E-state index in [2.05, 4.69) is 0 Å². The molecule has 0 radical (unpaired) electrons. The minimum atomic E-state index is 0.147. The van der Waals surface area contributed by atoms with E-state index in [0.717, 1.165) is 32.5 Å². The third-order valence-electron chi connectivity index (χ3n) is 2.71. The largest absolute Gasteiger partial charge is 0.339 e. The lowest BCUT2D eigenvalue weighted by molar-refractivity contribution is -0.127. The van der Waals surface area contributed by atoms with Crippen LogP contribution in [0.3, 0.4) is 0 Å². The van der Waals surface area contributed by atoms with Crippen LogP contribution in [0, 0.1) is 5.92 Å². The van der Waals surface area contributed by atoms with Gasteiger partial charge in [0.1, 0.15) is 0 Å². The van der Waals surface area contributed by atoms with Crippen LogP contribution in [-0.4, -0.2) is 30.4 Å². The summed E-state index contributed by atoms with van der Waals surface area (Å²) in [5, 5.41) is 0. The summed E-state index contributed by atoms with van der Waals surface area (Å²) in [6.07, 6.45) is 6.82. The molecule has 1 rings (SSSR count). The molecule has 14 heavy (non-hydrogen) atoms. The molecular formula is C11H20N2O. The third-order valence-corrected chi connectivity index (χ3v) is 2.71. The van der Waals surface area contributed by atoms with Gasteiger partial charge < -0.3 is 10.6 Å². The number of allylic oxidation sites excluding steroid dienone is 1. The Balaban J connectivity index is 2.43. The molecule has 1 aliphatic rings. The molecule has 0 saturated carbocycles. The number of likely N-dealkylation sites (tertiary alicyclic amines) is 1. The van der Waals surface area contributed by atoms with Crippen LogP contribution < -0.4 is 5.73 Å². The van der Waals surface area contributed by atoms with E-state index < -0.39 is 0 Å². The van der Waals surface area contributed by atoms with Crippen LogP contribution in [0.15, 0.2) is 12.2 Å². The number of nitrogens with two attached hydrogens (primary N) is 1. The molecule has 80 valence electrons. The van der Waals surface area contributed by atoms with E-state index in [-0.39, 0.29) is 5.91 Å². The lowest BCUT2D eigenvalue weighted by atomic mass is 9.95. The van der Waals surface area contributed by atoms with Crippen molar-refractivity contribution >= 4 is 5.91 Å². The molecular weight excluding hydrogens is 176 g/mol. The van der Waals surface area contributed by atoms with Crippen molar-refractivity contribution in [1.82, 2.24) is 4.90 Å². The summed E-state index contributed by atoms with van der Waals surface area (Å²) in [5.41, 5.74) is 5.52. The summed E-state index contributed by atoms with van der Waals surface area (Å²) in [6.45, 7) is 4.40. The van der Waals surface area contributed by atoms with Crippen molar-refractivity contribution in [2.24, 2.45) is 11.7 Å². The molecule has 0 aromatic heterocycles. The summed E-state index contributed by atoms with van der Waals surface area (Å²) in [7, 11) is 0. The van der Waals surface area contributed by atoms with Gasteiger partial charge in [-0.2, -0.15) is 0 Å². The summed E-state index contributed by atoms with van der Waals surface area (Å²) in [6, 6.07) is 0. The summed E-state index contributed by atoms with van der Waals surface area (Å²) >= 11 is 0. The first-order chi connectivity index (χ1) is 6.77. The molecule has 1 amide bonds. The van der Waals surface area contributed by atoms with Gasteiger partial charge in [0.25, 0.3) is 0 Å². The van der Waals surface area contributed by atoms with Crippen LogP contribution in [0.25, 0.3) is 0 Å². The van der Waals surface area contributed by atoms with Crippen molar-refractivity contribution in [1.29, 1.82) is 0 Å². The predicted molar refractivity (Wildman–Crippen MR) is 57.8 cm³/mol. The van der Waals surface area contributed by atoms with E-state index in [0.29, 0.717) is 5.92 Å². The number of nitrogens with zero attached hydrogens (tertiary/aromatic N) is 1. The van der Waals surface area contributed by atoms with Crippen LogP contribution >= 0.6 is 0 Å². The average Bonchev–Trinajstić information content (AvgIpc) is 2.19. The first-order valence-electron chi connectivity index (χ1n) is 5.39. The molecule has 1 heterocycles. The van der Waals surface area contributed by atoms with Crippen molar-refractivity contribution in [3.8, 4) is 0 Å². The van der Waals surface area contributed by atoms with Gasteiger partial charge in [0.15, 0.2) is 0 Å². The van der Waals surface area contributed by atoms with Crippen LogP contribution in [-0.2, 0) is 4.79 Å². The summed E-state index contributed by atoms with van der Waals surface area (Å²) in [4.78, 5) is 13.5. The van der Waals surface area contributed by atoms with E-state index in [9.17, 15) is 4.79 Å². The Morgan fingerprint density at radius 1 is 1.64 bits per heavy atom. The average molecular weight is 196 g/mol. The Bertz CT molecular complexity index is 211. The van der Waals surface area contributed by atoms with Crippen molar-refractivity contribution in [2.45, 2.75) is 26.2 Å². The zero-order valence-corrected chi connectivity index (χ0v) is 8.91.